The van der Waals surface area contributed by atoms with E-state index >= 15 is 0 Å². The molecule has 3 nitrogen and oxygen atoms in total. The zero-order chi connectivity index (χ0) is 16.6. The molecular weight excluding hydrogens is 288 g/mol. The number of benzene rings is 2. The van der Waals surface area contributed by atoms with Gasteiger partial charge in [-0.15, -0.1) is 0 Å². The number of fused-ring (bicyclic) bond motifs is 1. The number of allylic oxidation sites excluding steroid dienone is 2. The average Bonchev–Trinajstić information content (AvgIpc) is 2.53. The summed E-state index contributed by atoms with van der Waals surface area (Å²) in [5.41, 5.74) is 2.17. The highest BCUT2D eigenvalue weighted by molar-refractivity contribution is 6.22. The van der Waals surface area contributed by atoms with Crippen LogP contribution in [0, 0.1) is 6.92 Å². The molecule has 3 rings (SSSR count). The molecule has 0 bridgehead atoms. The number of hydrogen-bond acceptors (Lipinski definition) is 3. The summed E-state index contributed by atoms with van der Waals surface area (Å²) in [4.78, 5) is 24.6. The zero-order valence-electron chi connectivity index (χ0n) is 13.4. The number of carbonyl (C=O) groups excluding carboxylic acids is 2. The van der Waals surface area contributed by atoms with E-state index in [1.807, 2.05) is 25.1 Å². The Morgan fingerprint density at radius 3 is 2.22 bits per heavy atom. The van der Waals surface area contributed by atoms with Crippen LogP contribution in [0.3, 0.4) is 0 Å². The van der Waals surface area contributed by atoms with Crippen LogP contribution >= 0.6 is 0 Å². The van der Waals surface area contributed by atoms with Crippen LogP contribution in [-0.4, -0.2) is 16.7 Å². The Labute approximate surface area is 135 Å². The molecule has 2 aromatic rings. The summed E-state index contributed by atoms with van der Waals surface area (Å²) in [6.45, 7) is 3.76. The van der Waals surface area contributed by atoms with Crippen molar-refractivity contribution in [3.05, 3.63) is 58.9 Å². The summed E-state index contributed by atoms with van der Waals surface area (Å²) >= 11 is 0. The summed E-state index contributed by atoms with van der Waals surface area (Å²) in [5, 5.41) is 12.1. The number of ketones is 2. The molecule has 23 heavy (non-hydrogen) atoms. The molecule has 1 saturated carbocycles. The summed E-state index contributed by atoms with van der Waals surface area (Å²) in [6.07, 6.45) is 0.876. The lowest BCUT2D eigenvalue weighted by Gasteiger charge is -2.24. The monoisotopic (exact) mass is 308 g/mol. The largest absolute Gasteiger partial charge is 0.511 e. The maximum absolute atomic E-state index is 12.3. The lowest BCUT2D eigenvalue weighted by atomic mass is 9.77. The Kier molecular flexibility index (Phi) is 4.03. The van der Waals surface area contributed by atoms with Crippen molar-refractivity contribution < 1.29 is 14.7 Å². The fourth-order valence-electron chi connectivity index (χ4n) is 3.41. The maximum Gasteiger partial charge on any atom is 0.170 e. The van der Waals surface area contributed by atoms with Gasteiger partial charge in [0.1, 0.15) is 5.76 Å². The van der Waals surface area contributed by atoms with Gasteiger partial charge >= 0.3 is 0 Å². The fraction of sp³-hybridized carbons (Fsp3) is 0.300. The second-order valence-electron chi connectivity index (χ2n) is 6.18. The van der Waals surface area contributed by atoms with Gasteiger partial charge in [-0.1, -0.05) is 43.3 Å². The molecule has 0 spiro atoms. The second-order valence-corrected chi connectivity index (χ2v) is 6.18. The van der Waals surface area contributed by atoms with E-state index in [0.717, 1.165) is 21.9 Å². The average molecular weight is 308 g/mol. The molecule has 0 aliphatic heterocycles. The molecule has 0 radical (unpaired) electrons. The fourth-order valence-corrected chi connectivity index (χ4v) is 3.41. The highest BCUT2D eigenvalue weighted by Gasteiger charge is 2.34. The Balaban J connectivity index is 2.00. The minimum atomic E-state index is -0.238. The van der Waals surface area contributed by atoms with Crippen molar-refractivity contribution >= 4 is 22.3 Å². The highest BCUT2D eigenvalue weighted by atomic mass is 16.3. The summed E-state index contributed by atoms with van der Waals surface area (Å²) in [6, 6.07) is 12.3. The standard InChI is InChI=1S/C20H20O3/c1-3-17(21)20-18(22)10-15(11-19(20)23)16-9-14-7-5-4-6-13(14)8-12(16)2/h4-9,15,21H,3,10-11H2,1-2H3. The summed E-state index contributed by atoms with van der Waals surface area (Å²) in [5.74, 6) is -0.655. The molecule has 3 heteroatoms. The van der Waals surface area contributed by atoms with E-state index in [1.165, 1.54) is 0 Å². The first kappa shape index (κ1) is 15.5. The lowest BCUT2D eigenvalue weighted by Crippen LogP contribution is -2.26. The molecule has 118 valence electrons. The van der Waals surface area contributed by atoms with Crippen LogP contribution in [0.5, 0.6) is 0 Å². The quantitative estimate of drug-likeness (QED) is 0.508. The van der Waals surface area contributed by atoms with E-state index in [4.69, 9.17) is 0 Å². The van der Waals surface area contributed by atoms with Crippen LogP contribution in [0.1, 0.15) is 43.2 Å². The van der Waals surface area contributed by atoms with Crippen LogP contribution in [-0.2, 0) is 9.59 Å². The number of aliphatic hydroxyl groups excluding tert-OH is 1. The zero-order valence-corrected chi connectivity index (χ0v) is 13.4. The SMILES string of the molecule is CCC(O)=C1C(=O)CC(c2cc3ccccc3cc2C)CC1=O. The van der Waals surface area contributed by atoms with Crippen LogP contribution in [0.2, 0.25) is 0 Å². The van der Waals surface area contributed by atoms with Gasteiger partial charge in [-0.2, -0.15) is 0 Å². The summed E-state index contributed by atoms with van der Waals surface area (Å²) < 4.78 is 0. The minimum absolute atomic E-state index is 0.0159. The third kappa shape index (κ3) is 2.79. The van der Waals surface area contributed by atoms with Crippen LogP contribution < -0.4 is 0 Å². The molecule has 0 atom stereocenters. The lowest BCUT2D eigenvalue weighted by molar-refractivity contribution is -0.124. The first-order chi connectivity index (χ1) is 11.0. The third-order valence-corrected chi connectivity index (χ3v) is 4.62. The molecule has 0 aromatic heterocycles. The number of aryl methyl sites for hydroxylation is 1. The number of aliphatic hydroxyl groups is 1. The van der Waals surface area contributed by atoms with Crippen LogP contribution in [0.4, 0.5) is 0 Å². The highest BCUT2D eigenvalue weighted by Crippen LogP contribution is 2.36. The molecule has 1 aliphatic rings. The van der Waals surface area contributed by atoms with E-state index < -0.39 is 0 Å². The molecule has 0 amide bonds. The topological polar surface area (TPSA) is 54.4 Å². The Hall–Kier alpha value is -2.42. The molecule has 0 saturated heterocycles. The van der Waals surface area contributed by atoms with E-state index in [2.05, 4.69) is 18.2 Å². The first-order valence-electron chi connectivity index (χ1n) is 7.99. The van der Waals surface area contributed by atoms with E-state index in [9.17, 15) is 14.7 Å². The van der Waals surface area contributed by atoms with Gasteiger partial charge in [0.25, 0.3) is 0 Å². The van der Waals surface area contributed by atoms with Gasteiger partial charge in [0.2, 0.25) is 0 Å². The van der Waals surface area contributed by atoms with E-state index in [-0.39, 0.29) is 41.7 Å². The Morgan fingerprint density at radius 1 is 1.09 bits per heavy atom. The predicted molar refractivity (Wildman–Crippen MR) is 90.6 cm³/mol. The predicted octanol–water partition coefficient (Wildman–Crippen LogP) is 4.39. The van der Waals surface area contributed by atoms with Gasteiger partial charge in [0, 0.05) is 19.3 Å². The van der Waals surface area contributed by atoms with Crippen molar-refractivity contribution in [1.82, 2.24) is 0 Å². The van der Waals surface area contributed by atoms with E-state index in [1.54, 1.807) is 6.92 Å². The van der Waals surface area contributed by atoms with Crippen molar-refractivity contribution in [2.45, 2.75) is 39.0 Å². The normalized spacial score (nSPS) is 18.5. The van der Waals surface area contributed by atoms with Gasteiger partial charge in [0.05, 0.1) is 5.57 Å². The van der Waals surface area contributed by atoms with Crippen molar-refractivity contribution in [3.63, 3.8) is 0 Å². The van der Waals surface area contributed by atoms with Crippen LogP contribution in [0.25, 0.3) is 10.8 Å². The van der Waals surface area contributed by atoms with Gasteiger partial charge in [-0.05, 0) is 34.7 Å². The number of hydrogen-bond donors (Lipinski definition) is 1. The Morgan fingerprint density at radius 2 is 1.65 bits per heavy atom. The van der Waals surface area contributed by atoms with Crippen LogP contribution in [0.15, 0.2) is 47.7 Å². The van der Waals surface area contributed by atoms with Crippen molar-refractivity contribution in [3.8, 4) is 0 Å². The minimum Gasteiger partial charge on any atom is -0.511 e. The van der Waals surface area contributed by atoms with Gasteiger partial charge < -0.3 is 5.11 Å². The molecular formula is C20H20O3. The Bertz CT molecular complexity index is 810. The molecule has 0 heterocycles. The molecule has 0 unspecified atom stereocenters. The van der Waals surface area contributed by atoms with Crippen molar-refractivity contribution in [1.29, 1.82) is 0 Å². The smallest absolute Gasteiger partial charge is 0.170 e. The third-order valence-electron chi connectivity index (χ3n) is 4.62. The van der Waals surface area contributed by atoms with Gasteiger partial charge in [0.15, 0.2) is 11.6 Å². The van der Waals surface area contributed by atoms with Gasteiger partial charge in [-0.3, -0.25) is 9.59 Å². The second kappa shape index (κ2) is 5.99. The van der Waals surface area contributed by atoms with Crippen molar-refractivity contribution in [2.75, 3.05) is 0 Å². The maximum atomic E-state index is 12.3. The summed E-state index contributed by atoms with van der Waals surface area (Å²) in [7, 11) is 0. The number of rotatable bonds is 2. The van der Waals surface area contributed by atoms with Crippen molar-refractivity contribution in [2.24, 2.45) is 0 Å². The number of carbonyl (C=O) groups is 2. The van der Waals surface area contributed by atoms with E-state index in [0.29, 0.717) is 6.42 Å². The number of Topliss-reactive ketones (excluding diaryl/α,β-unsaturated/α-hetero) is 2. The molecule has 2 aromatic carbocycles. The molecule has 1 N–H and O–H groups in total. The first-order valence-corrected chi connectivity index (χ1v) is 7.99. The van der Waals surface area contributed by atoms with Gasteiger partial charge in [-0.25, -0.2) is 0 Å². The molecule has 1 fully saturated rings. The molecule has 1 aliphatic carbocycles.